The smallest absolute Gasteiger partial charge is 0.224 e. The summed E-state index contributed by atoms with van der Waals surface area (Å²) in [6.07, 6.45) is 0.910. The molecule has 19 heavy (non-hydrogen) atoms. The van der Waals surface area contributed by atoms with E-state index in [1.807, 2.05) is 42.7 Å². The maximum absolute atomic E-state index is 9.10. The first kappa shape index (κ1) is 13.0. The second-order valence-electron chi connectivity index (χ2n) is 4.47. The lowest BCUT2D eigenvalue weighted by Crippen LogP contribution is -2.03. The van der Waals surface area contributed by atoms with Crippen molar-refractivity contribution in [3.05, 3.63) is 41.6 Å². The van der Waals surface area contributed by atoms with E-state index in [1.165, 1.54) is 5.56 Å². The Morgan fingerprint density at radius 1 is 1.32 bits per heavy atom. The molecule has 0 bridgehead atoms. The van der Waals surface area contributed by atoms with Gasteiger partial charge < -0.3 is 15.0 Å². The molecule has 0 amide bonds. The van der Waals surface area contributed by atoms with Crippen molar-refractivity contribution in [2.45, 2.75) is 26.8 Å². The molecule has 0 saturated carbocycles. The molecule has 0 aliphatic rings. The van der Waals surface area contributed by atoms with Gasteiger partial charge >= 0.3 is 0 Å². The largest absolute Gasteiger partial charge is 0.439 e. The molecule has 1 aromatic carbocycles. The Bertz CT molecular complexity index is 606. The highest BCUT2D eigenvalue weighted by atomic mass is 16.5. The maximum Gasteiger partial charge on any atom is 0.224 e. The van der Waals surface area contributed by atoms with Crippen LogP contribution in [-0.4, -0.2) is 4.57 Å². The Labute approximate surface area is 113 Å². The maximum atomic E-state index is 9.10. The molecule has 98 valence electrons. The van der Waals surface area contributed by atoms with Crippen LogP contribution in [-0.2, 0) is 6.54 Å². The zero-order chi connectivity index (χ0) is 13.8. The summed E-state index contributed by atoms with van der Waals surface area (Å²) in [6.45, 7) is 4.78. The minimum atomic E-state index is 0.491. The van der Waals surface area contributed by atoms with Gasteiger partial charge in [-0.05, 0) is 25.5 Å². The fourth-order valence-electron chi connectivity index (χ4n) is 1.92. The fourth-order valence-corrected chi connectivity index (χ4v) is 1.92. The molecule has 0 aliphatic heterocycles. The molecular weight excluding hydrogens is 238 g/mol. The molecule has 1 heterocycles. The normalized spacial score (nSPS) is 10.2. The number of aryl methyl sites for hydroxylation is 1. The average molecular weight is 255 g/mol. The van der Waals surface area contributed by atoms with Crippen molar-refractivity contribution >= 4 is 5.69 Å². The number of aromatic nitrogens is 1. The summed E-state index contributed by atoms with van der Waals surface area (Å²) in [5.74, 6) is 1.26. The average Bonchev–Trinajstić information content (AvgIpc) is 2.70. The Balaban J connectivity index is 2.36. The van der Waals surface area contributed by atoms with Crippen molar-refractivity contribution in [1.82, 2.24) is 4.57 Å². The summed E-state index contributed by atoms with van der Waals surface area (Å²) in [5, 5.41) is 9.10. The van der Waals surface area contributed by atoms with Crippen LogP contribution in [0.15, 0.2) is 30.3 Å². The molecule has 2 rings (SSSR count). The summed E-state index contributed by atoms with van der Waals surface area (Å²) < 4.78 is 7.63. The van der Waals surface area contributed by atoms with E-state index in [2.05, 4.69) is 6.07 Å². The van der Waals surface area contributed by atoms with Crippen molar-refractivity contribution in [2.75, 3.05) is 5.73 Å². The summed E-state index contributed by atoms with van der Waals surface area (Å²) in [5.41, 5.74) is 8.12. The quantitative estimate of drug-likeness (QED) is 0.910. The molecule has 0 spiro atoms. The first-order valence-corrected chi connectivity index (χ1v) is 6.29. The van der Waals surface area contributed by atoms with Crippen molar-refractivity contribution in [2.24, 2.45) is 0 Å². The van der Waals surface area contributed by atoms with Gasteiger partial charge in [-0.1, -0.05) is 24.6 Å². The van der Waals surface area contributed by atoms with E-state index in [9.17, 15) is 0 Å². The lowest BCUT2D eigenvalue weighted by molar-refractivity contribution is 0.428. The van der Waals surface area contributed by atoms with Gasteiger partial charge in [0.15, 0.2) is 0 Å². The first-order chi connectivity index (χ1) is 9.15. The number of nitrogens with zero attached hydrogens (tertiary/aromatic N) is 2. The van der Waals surface area contributed by atoms with Gasteiger partial charge in [-0.3, -0.25) is 0 Å². The number of rotatable bonds is 4. The van der Waals surface area contributed by atoms with Crippen LogP contribution in [0.5, 0.6) is 11.6 Å². The topological polar surface area (TPSA) is 64.0 Å². The zero-order valence-electron chi connectivity index (χ0n) is 11.2. The lowest BCUT2D eigenvalue weighted by atomic mass is 10.2. The van der Waals surface area contributed by atoms with E-state index >= 15 is 0 Å². The van der Waals surface area contributed by atoms with Gasteiger partial charge in [-0.2, -0.15) is 5.26 Å². The summed E-state index contributed by atoms with van der Waals surface area (Å²) in [7, 11) is 0. The number of nitrogens with two attached hydrogens (primary N) is 1. The molecule has 0 fully saturated rings. The van der Waals surface area contributed by atoms with Gasteiger partial charge in [0.2, 0.25) is 5.88 Å². The van der Waals surface area contributed by atoms with Crippen LogP contribution in [0.3, 0.4) is 0 Å². The van der Waals surface area contributed by atoms with Crippen LogP contribution in [0, 0.1) is 18.3 Å². The van der Waals surface area contributed by atoms with Crippen LogP contribution in [0.25, 0.3) is 0 Å². The third-order valence-corrected chi connectivity index (χ3v) is 2.87. The van der Waals surface area contributed by atoms with E-state index in [4.69, 9.17) is 15.7 Å². The predicted octanol–water partition coefficient (Wildman–Crippen LogP) is 3.45. The van der Waals surface area contributed by atoms with E-state index in [0.29, 0.717) is 23.8 Å². The number of ether oxygens (including phenoxy) is 1. The van der Waals surface area contributed by atoms with Crippen molar-refractivity contribution in [3.8, 4) is 17.7 Å². The van der Waals surface area contributed by atoms with Crippen LogP contribution in [0.4, 0.5) is 5.69 Å². The molecule has 0 radical (unpaired) electrons. The Morgan fingerprint density at radius 2 is 2.00 bits per heavy atom. The molecule has 2 N–H and O–H groups in total. The Morgan fingerprint density at radius 3 is 2.58 bits per heavy atom. The summed E-state index contributed by atoms with van der Waals surface area (Å²) in [6, 6.07) is 11.5. The minimum Gasteiger partial charge on any atom is -0.439 e. The number of anilines is 1. The van der Waals surface area contributed by atoms with E-state index in [-0.39, 0.29) is 0 Å². The molecule has 2 aromatic rings. The second-order valence-corrected chi connectivity index (χ2v) is 4.47. The first-order valence-electron chi connectivity index (χ1n) is 6.29. The number of nitrogen functional groups attached to an aromatic ring is 1. The van der Waals surface area contributed by atoms with E-state index in [1.54, 1.807) is 6.07 Å². The molecule has 1 aromatic heterocycles. The molecule has 0 aliphatic carbocycles. The molecule has 0 atom stereocenters. The standard InChI is InChI=1S/C15H17N3O/c1-3-8-18-12(10-16)9-14(17)15(18)19-13-6-4-11(2)5-7-13/h4-7,9H,3,8,17H2,1-2H3. The highest BCUT2D eigenvalue weighted by Gasteiger charge is 2.14. The number of nitriles is 1. The molecule has 4 heteroatoms. The van der Waals surface area contributed by atoms with Crippen LogP contribution in [0.2, 0.25) is 0 Å². The van der Waals surface area contributed by atoms with Gasteiger partial charge in [0.25, 0.3) is 0 Å². The van der Waals surface area contributed by atoms with Crippen molar-refractivity contribution < 1.29 is 4.74 Å². The monoisotopic (exact) mass is 255 g/mol. The van der Waals surface area contributed by atoms with Gasteiger partial charge in [0, 0.05) is 12.6 Å². The Hall–Kier alpha value is -2.41. The predicted molar refractivity (Wildman–Crippen MR) is 75.1 cm³/mol. The third-order valence-electron chi connectivity index (χ3n) is 2.87. The second kappa shape index (κ2) is 5.49. The van der Waals surface area contributed by atoms with Gasteiger partial charge in [0.1, 0.15) is 17.5 Å². The highest BCUT2D eigenvalue weighted by molar-refractivity contribution is 5.56. The minimum absolute atomic E-state index is 0.491. The highest BCUT2D eigenvalue weighted by Crippen LogP contribution is 2.31. The number of hydrogen-bond acceptors (Lipinski definition) is 3. The van der Waals surface area contributed by atoms with Gasteiger partial charge in [0.05, 0.1) is 5.69 Å². The zero-order valence-corrected chi connectivity index (χ0v) is 11.2. The number of benzene rings is 1. The lowest BCUT2D eigenvalue weighted by Gasteiger charge is -2.11. The molecule has 0 unspecified atom stereocenters. The van der Waals surface area contributed by atoms with Crippen molar-refractivity contribution in [3.63, 3.8) is 0 Å². The number of hydrogen-bond donors (Lipinski definition) is 1. The summed E-state index contributed by atoms with van der Waals surface area (Å²) >= 11 is 0. The molecule has 4 nitrogen and oxygen atoms in total. The van der Waals surface area contributed by atoms with Crippen LogP contribution >= 0.6 is 0 Å². The van der Waals surface area contributed by atoms with Crippen molar-refractivity contribution in [1.29, 1.82) is 5.26 Å². The third kappa shape index (κ3) is 2.71. The van der Waals surface area contributed by atoms with Gasteiger partial charge in [-0.15, -0.1) is 0 Å². The summed E-state index contributed by atoms with van der Waals surface area (Å²) in [4.78, 5) is 0. The Kier molecular flexibility index (Phi) is 3.76. The molecule has 0 saturated heterocycles. The fraction of sp³-hybridized carbons (Fsp3) is 0.267. The van der Waals surface area contributed by atoms with E-state index in [0.717, 1.165) is 12.2 Å². The molecular formula is C15H17N3O. The van der Waals surface area contributed by atoms with Crippen LogP contribution in [0.1, 0.15) is 24.6 Å². The van der Waals surface area contributed by atoms with E-state index < -0.39 is 0 Å². The van der Waals surface area contributed by atoms with Gasteiger partial charge in [-0.25, -0.2) is 0 Å². The SMILES string of the molecule is CCCn1c(C#N)cc(N)c1Oc1ccc(C)cc1. The van der Waals surface area contributed by atoms with Crippen LogP contribution < -0.4 is 10.5 Å².